The highest BCUT2D eigenvalue weighted by Crippen LogP contribution is 2.30. The zero-order chi connectivity index (χ0) is 14.1. The molecule has 20 heavy (non-hydrogen) atoms. The summed E-state index contributed by atoms with van der Waals surface area (Å²) in [6.07, 6.45) is 1.55. The smallest absolute Gasteiger partial charge is 0.141 e. The summed E-state index contributed by atoms with van der Waals surface area (Å²) in [5.41, 5.74) is 6.93. The van der Waals surface area contributed by atoms with Crippen LogP contribution in [0.15, 0.2) is 48.7 Å². The molecule has 1 heterocycles. The number of anilines is 3. The Balaban J connectivity index is 2.12. The Labute approximate surface area is 114 Å². The van der Waals surface area contributed by atoms with Crippen molar-refractivity contribution >= 4 is 28.0 Å². The van der Waals surface area contributed by atoms with Gasteiger partial charge in [0.1, 0.15) is 17.5 Å². The van der Waals surface area contributed by atoms with Crippen molar-refractivity contribution in [3.05, 3.63) is 60.3 Å². The highest BCUT2D eigenvalue weighted by molar-refractivity contribution is 6.00. The number of nitrogens with one attached hydrogen (secondary N) is 1. The molecule has 0 saturated carbocycles. The Morgan fingerprint density at radius 3 is 2.45 bits per heavy atom. The molecule has 3 rings (SSSR count). The lowest BCUT2D eigenvalue weighted by atomic mass is 10.1. The first kappa shape index (κ1) is 12.3. The van der Waals surface area contributed by atoms with E-state index in [-0.39, 0.29) is 5.82 Å². The summed E-state index contributed by atoms with van der Waals surface area (Å²) in [5.74, 6) is -0.400. The molecule has 0 amide bonds. The van der Waals surface area contributed by atoms with Crippen LogP contribution in [0.2, 0.25) is 0 Å². The minimum absolute atomic E-state index is 0.317. The van der Waals surface area contributed by atoms with Gasteiger partial charge in [0.15, 0.2) is 0 Å². The molecule has 0 radical (unpaired) electrons. The fourth-order valence-corrected chi connectivity index (χ4v) is 2.04. The van der Waals surface area contributed by atoms with Gasteiger partial charge in [-0.05, 0) is 42.5 Å². The normalized spacial score (nSPS) is 10.7. The number of nitrogens with two attached hydrogens (primary N) is 1. The zero-order valence-electron chi connectivity index (χ0n) is 10.4. The Morgan fingerprint density at radius 1 is 0.950 bits per heavy atom. The van der Waals surface area contributed by atoms with Gasteiger partial charge in [-0.2, -0.15) is 0 Å². The Hall–Kier alpha value is -2.69. The van der Waals surface area contributed by atoms with E-state index in [1.54, 1.807) is 24.4 Å². The predicted octanol–water partition coefficient (Wildman–Crippen LogP) is 3.84. The maximum absolute atomic E-state index is 14.0. The highest BCUT2D eigenvalue weighted by atomic mass is 19.1. The van der Waals surface area contributed by atoms with Gasteiger partial charge in [0.25, 0.3) is 0 Å². The molecule has 0 fully saturated rings. The van der Waals surface area contributed by atoms with E-state index in [1.165, 1.54) is 24.3 Å². The number of nitrogen functional groups attached to an aromatic ring is 1. The minimum atomic E-state index is -0.410. The van der Waals surface area contributed by atoms with Gasteiger partial charge in [-0.25, -0.2) is 13.8 Å². The standard InChI is InChI=1S/C15H11F2N3/c16-9-1-3-10(4-2-9)20-15-14-11(7-8-19-15)13(18)6-5-12(14)17/h1-8H,18H2,(H,19,20). The molecule has 100 valence electrons. The molecule has 0 saturated heterocycles. The molecule has 0 bridgehead atoms. The third-order valence-electron chi connectivity index (χ3n) is 3.02. The van der Waals surface area contributed by atoms with Gasteiger partial charge >= 0.3 is 0 Å². The van der Waals surface area contributed by atoms with Crippen LogP contribution in [0.1, 0.15) is 0 Å². The lowest BCUT2D eigenvalue weighted by Gasteiger charge is -2.10. The Kier molecular flexibility index (Phi) is 2.95. The van der Waals surface area contributed by atoms with Crippen LogP contribution in [0.4, 0.5) is 26.0 Å². The van der Waals surface area contributed by atoms with Gasteiger partial charge in [0, 0.05) is 23.0 Å². The number of benzene rings is 2. The van der Waals surface area contributed by atoms with Gasteiger partial charge in [0.2, 0.25) is 0 Å². The van der Waals surface area contributed by atoms with Crippen molar-refractivity contribution in [1.29, 1.82) is 0 Å². The van der Waals surface area contributed by atoms with Crippen molar-refractivity contribution < 1.29 is 8.78 Å². The van der Waals surface area contributed by atoms with Crippen LogP contribution in [-0.2, 0) is 0 Å². The summed E-state index contributed by atoms with van der Waals surface area (Å²) in [4.78, 5) is 4.13. The predicted molar refractivity (Wildman–Crippen MR) is 75.8 cm³/mol. The molecule has 0 aliphatic rings. The van der Waals surface area contributed by atoms with Gasteiger partial charge in [-0.1, -0.05) is 0 Å². The monoisotopic (exact) mass is 271 g/mol. The summed E-state index contributed by atoms with van der Waals surface area (Å²) in [6.45, 7) is 0. The van der Waals surface area contributed by atoms with E-state index < -0.39 is 5.82 Å². The number of hydrogen-bond donors (Lipinski definition) is 2. The average molecular weight is 271 g/mol. The van der Waals surface area contributed by atoms with Crippen molar-refractivity contribution in [3.63, 3.8) is 0 Å². The molecule has 0 atom stereocenters. The van der Waals surface area contributed by atoms with Crippen LogP contribution in [0, 0.1) is 11.6 Å². The molecule has 2 aromatic carbocycles. The molecule has 0 unspecified atom stereocenters. The van der Waals surface area contributed by atoms with Crippen LogP contribution >= 0.6 is 0 Å². The second kappa shape index (κ2) is 4.77. The van der Waals surface area contributed by atoms with Crippen LogP contribution in [0.5, 0.6) is 0 Å². The summed E-state index contributed by atoms with van der Waals surface area (Å²) >= 11 is 0. The zero-order valence-corrected chi connectivity index (χ0v) is 10.4. The van der Waals surface area contributed by atoms with Crippen molar-refractivity contribution in [3.8, 4) is 0 Å². The number of aromatic nitrogens is 1. The van der Waals surface area contributed by atoms with E-state index in [9.17, 15) is 8.78 Å². The second-order valence-corrected chi connectivity index (χ2v) is 4.35. The van der Waals surface area contributed by atoms with Crippen LogP contribution < -0.4 is 11.1 Å². The quantitative estimate of drug-likeness (QED) is 0.696. The fourth-order valence-electron chi connectivity index (χ4n) is 2.04. The first-order valence-corrected chi connectivity index (χ1v) is 6.00. The van der Waals surface area contributed by atoms with E-state index in [1.807, 2.05) is 0 Å². The van der Waals surface area contributed by atoms with Crippen molar-refractivity contribution in [1.82, 2.24) is 4.98 Å². The van der Waals surface area contributed by atoms with Crippen LogP contribution in [-0.4, -0.2) is 4.98 Å². The van der Waals surface area contributed by atoms with E-state index >= 15 is 0 Å². The van der Waals surface area contributed by atoms with Crippen molar-refractivity contribution in [2.24, 2.45) is 0 Å². The SMILES string of the molecule is Nc1ccc(F)c2c(Nc3ccc(F)cc3)nccc12. The molecule has 0 aliphatic carbocycles. The van der Waals surface area contributed by atoms with E-state index in [0.29, 0.717) is 28.0 Å². The van der Waals surface area contributed by atoms with Gasteiger partial charge in [-0.3, -0.25) is 0 Å². The Bertz CT molecular complexity index is 770. The summed E-state index contributed by atoms with van der Waals surface area (Å²) in [5, 5.41) is 3.87. The number of halogens is 2. The molecule has 3 nitrogen and oxygen atoms in total. The van der Waals surface area contributed by atoms with Gasteiger partial charge in [0.05, 0.1) is 5.39 Å². The largest absolute Gasteiger partial charge is 0.398 e. The second-order valence-electron chi connectivity index (χ2n) is 4.35. The fraction of sp³-hybridized carbons (Fsp3) is 0. The Morgan fingerprint density at radius 2 is 1.70 bits per heavy atom. The van der Waals surface area contributed by atoms with Gasteiger partial charge < -0.3 is 11.1 Å². The molecule has 3 N–H and O–H groups in total. The number of rotatable bonds is 2. The maximum atomic E-state index is 14.0. The van der Waals surface area contributed by atoms with Crippen molar-refractivity contribution in [2.75, 3.05) is 11.1 Å². The van der Waals surface area contributed by atoms with Gasteiger partial charge in [-0.15, -0.1) is 0 Å². The molecular weight excluding hydrogens is 260 g/mol. The number of pyridine rings is 1. The average Bonchev–Trinajstić information content (AvgIpc) is 2.46. The molecule has 0 spiro atoms. The summed E-state index contributed by atoms with van der Waals surface area (Å²) in [6, 6.07) is 10.2. The number of hydrogen-bond acceptors (Lipinski definition) is 3. The summed E-state index contributed by atoms with van der Waals surface area (Å²) in [7, 11) is 0. The topological polar surface area (TPSA) is 50.9 Å². The third-order valence-corrected chi connectivity index (χ3v) is 3.02. The number of nitrogens with zero attached hydrogens (tertiary/aromatic N) is 1. The number of fused-ring (bicyclic) bond motifs is 1. The highest BCUT2D eigenvalue weighted by Gasteiger charge is 2.10. The first-order valence-electron chi connectivity index (χ1n) is 6.00. The molecule has 3 aromatic rings. The molecule has 0 aliphatic heterocycles. The maximum Gasteiger partial charge on any atom is 0.141 e. The van der Waals surface area contributed by atoms with Crippen molar-refractivity contribution in [2.45, 2.75) is 0 Å². The lowest BCUT2D eigenvalue weighted by molar-refractivity contribution is 0.628. The van der Waals surface area contributed by atoms with Crippen LogP contribution in [0.25, 0.3) is 10.8 Å². The van der Waals surface area contributed by atoms with E-state index in [2.05, 4.69) is 10.3 Å². The summed E-state index contributed by atoms with van der Waals surface area (Å²) < 4.78 is 26.9. The lowest BCUT2D eigenvalue weighted by Crippen LogP contribution is -1.98. The minimum Gasteiger partial charge on any atom is -0.398 e. The first-order chi connectivity index (χ1) is 9.65. The van der Waals surface area contributed by atoms with Crippen LogP contribution in [0.3, 0.4) is 0 Å². The molecule has 5 heteroatoms. The van der Waals surface area contributed by atoms with E-state index in [4.69, 9.17) is 5.73 Å². The third kappa shape index (κ3) is 2.14. The molecular formula is C15H11F2N3. The molecule has 1 aromatic heterocycles. The van der Waals surface area contributed by atoms with E-state index in [0.717, 1.165) is 0 Å².